The van der Waals surface area contributed by atoms with Crippen molar-refractivity contribution in [2.75, 3.05) is 13.7 Å². The number of ether oxygens (including phenoxy) is 1. The van der Waals surface area contributed by atoms with E-state index < -0.39 is 0 Å². The Hall–Kier alpha value is -1.29. The van der Waals surface area contributed by atoms with Crippen LogP contribution in [0.15, 0.2) is 12.1 Å². The molecule has 1 aliphatic carbocycles. The van der Waals surface area contributed by atoms with Crippen LogP contribution >= 0.6 is 0 Å². The third kappa shape index (κ3) is 1.51. The summed E-state index contributed by atoms with van der Waals surface area (Å²) in [7, 11) is 3.21. The highest BCUT2D eigenvalue weighted by atomic mass is 16.5. The average molecular weight is 237 g/mol. The van der Waals surface area contributed by atoms with Gasteiger partial charge < -0.3 is 14.4 Å². The lowest BCUT2D eigenvalue weighted by molar-refractivity contribution is 0.0589. The van der Waals surface area contributed by atoms with Crippen LogP contribution < -0.4 is 0 Å². The molecule has 94 valence electrons. The molecule has 1 aliphatic rings. The lowest BCUT2D eigenvalue weighted by Crippen LogP contribution is -2.23. The molecule has 1 aromatic heterocycles. The van der Waals surface area contributed by atoms with E-state index in [1.54, 1.807) is 6.07 Å². The molecule has 1 saturated carbocycles. The third-order valence-electron chi connectivity index (χ3n) is 4.19. The van der Waals surface area contributed by atoms with Crippen LogP contribution in [0.5, 0.6) is 0 Å². The van der Waals surface area contributed by atoms with Gasteiger partial charge in [0.15, 0.2) is 0 Å². The van der Waals surface area contributed by atoms with Gasteiger partial charge in [-0.1, -0.05) is 13.8 Å². The summed E-state index contributed by atoms with van der Waals surface area (Å²) in [5.74, 6) is -0.342. The van der Waals surface area contributed by atoms with Gasteiger partial charge in [-0.3, -0.25) is 0 Å². The number of hydrogen-bond acceptors (Lipinski definition) is 3. The number of aromatic nitrogens is 1. The van der Waals surface area contributed by atoms with Crippen LogP contribution in [0.1, 0.15) is 36.5 Å². The highest BCUT2D eigenvalue weighted by molar-refractivity contribution is 5.87. The molecular weight excluding hydrogens is 218 g/mol. The molecule has 0 aromatic carbocycles. The van der Waals surface area contributed by atoms with E-state index in [4.69, 9.17) is 4.74 Å². The van der Waals surface area contributed by atoms with Crippen LogP contribution in [-0.2, 0) is 17.2 Å². The molecule has 17 heavy (non-hydrogen) atoms. The van der Waals surface area contributed by atoms with E-state index in [0.29, 0.717) is 5.69 Å². The molecule has 0 bridgehead atoms. The Morgan fingerprint density at radius 2 is 2.12 bits per heavy atom. The van der Waals surface area contributed by atoms with E-state index in [1.807, 2.05) is 17.7 Å². The molecule has 4 nitrogen and oxygen atoms in total. The first kappa shape index (κ1) is 12.2. The predicted molar refractivity (Wildman–Crippen MR) is 63.9 cm³/mol. The van der Waals surface area contributed by atoms with Crippen molar-refractivity contribution in [1.29, 1.82) is 0 Å². The molecule has 4 heteroatoms. The van der Waals surface area contributed by atoms with Crippen molar-refractivity contribution in [3.8, 4) is 0 Å². The van der Waals surface area contributed by atoms with Crippen LogP contribution in [0, 0.1) is 5.41 Å². The van der Waals surface area contributed by atoms with Crippen LogP contribution in [0.2, 0.25) is 0 Å². The van der Waals surface area contributed by atoms with Crippen molar-refractivity contribution in [2.45, 2.75) is 25.7 Å². The van der Waals surface area contributed by atoms with Gasteiger partial charge >= 0.3 is 5.97 Å². The largest absolute Gasteiger partial charge is 0.464 e. The van der Waals surface area contributed by atoms with E-state index in [9.17, 15) is 9.90 Å². The van der Waals surface area contributed by atoms with Gasteiger partial charge in [-0.15, -0.1) is 0 Å². The monoisotopic (exact) mass is 237 g/mol. The van der Waals surface area contributed by atoms with Crippen LogP contribution in [-0.4, -0.2) is 29.4 Å². The molecule has 0 saturated heterocycles. The summed E-state index contributed by atoms with van der Waals surface area (Å²) in [6.07, 6.45) is 0.939. The Kier molecular flexibility index (Phi) is 2.58. The van der Waals surface area contributed by atoms with Gasteiger partial charge in [0.1, 0.15) is 5.69 Å². The quantitative estimate of drug-likeness (QED) is 0.810. The van der Waals surface area contributed by atoms with Gasteiger partial charge in [-0.2, -0.15) is 0 Å². The molecule has 2 rings (SSSR count). The minimum absolute atomic E-state index is 0.0846. The molecule has 1 N–H and O–H groups in total. The first-order valence-electron chi connectivity index (χ1n) is 5.75. The summed E-state index contributed by atoms with van der Waals surface area (Å²) in [4.78, 5) is 11.5. The van der Waals surface area contributed by atoms with Crippen molar-refractivity contribution >= 4 is 5.97 Å². The number of esters is 1. The fourth-order valence-corrected chi connectivity index (χ4v) is 2.80. The molecule has 1 aromatic rings. The average Bonchev–Trinajstić information content (AvgIpc) is 2.65. The van der Waals surface area contributed by atoms with Gasteiger partial charge in [-0.05, 0) is 24.0 Å². The SMILES string of the molecule is COC(=O)c1ccc(C2(CO)CC2(C)C)n1C. The molecular formula is C13H19NO3. The Balaban J connectivity index is 2.42. The smallest absolute Gasteiger partial charge is 0.354 e. The maximum Gasteiger partial charge on any atom is 0.354 e. The second-order valence-electron chi connectivity index (χ2n) is 5.46. The number of methoxy groups -OCH3 is 1. The van der Waals surface area contributed by atoms with E-state index in [1.165, 1.54) is 7.11 Å². The topological polar surface area (TPSA) is 51.5 Å². The zero-order valence-corrected chi connectivity index (χ0v) is 10.8. The number of rotatable bonds is 3. The standard InChI is InChI=1S/C13H19NO3/c1-12(2)7-13(12,8-15)10-6-5-9(14(10)3)11(16)17-4/h5-6,15H,7-8H2,1-4H3. The summed E-state index contributed by atoms with van der Waals surface area (Å²) < 4.78 is 6.56. The van der Waals surface area contributed by atoms with Gasteiger partial charge in [0.2, 0.25) is 0 Å². The Morgan fingerprint density at radius 1 is 1.53 bits per heavy atom. The molecule has 0 radical (unpaired) electrons. The van der Waals surface area contributed by atoms with Crippen molar-refractivity contribution in [3.63, 3.8) is 0 Å². The molecule has 1 fully saturated rings. The summed E-state index contributed by atoms with van der Waals surface area (Å²) in [6.45, 7) is 4.38. The summed E-state index contributed by atoms with van der Waals surface area (Å²) in [5.41, 5.74) is 1.40. The first-order valence-corrected chi connectivity index (χ1v) is 5.75. The molecule has 1 heterocycles. The summed E-state index contributed by atoms with van der Waals surface area (Å²) in [5, 5.41) is 9.65. The highest BCUT2D eigenvalue weighted by Gasteiger charge is 2.63. The second-order valence-corrected chi connectivity index (χ2v) is 5.46. The number of aliphatic hydroxyl groups excluding tert-OH is 1. The maximum absolute atomic E-state index is 11.5. The minimum atomic E-state index is -0.342. The molecule has 1 atom stereocenters. The highest BCUT2D eigenvalue weighted by Crippen LogP contribution is 2.63. The zero-order chi connectivity index (χ0) is 12.8. The Bertz CT molecular complexity index is 461. The Morgan fingerprint density at radius 3 is 2.53 bits per heavy atom. The van der Waals surface area contributed by atoms with E-state index >= 15 is 0 Å². The van der Waals surface area contributed by atoms with Gasteiger partial charge in [0.05, 0.1) is 13.7 Å². The van der Waals surface area contributed by atoms with Crippen LogP contribution in [0.25, 0.3) is 0 Å². The van der Waals surface area contributed by atoms with Crippen molar-refractivity contribution < 1.29 is 14.6 Å². The number of aliphatic hydroxyl groups is 1. The lowest BCUT2D eigenvalue weighted by atomic mass is 9.93. The molecule has 1 unspecified atom stereocenters. The second kappa shape index (κ2) is 3.60. The lowest BCUT2D eigenvalue weighted by Gasteiger charge is -2.19. The fraction of sp³-hybridized carbons (Fsp3) is 0.615. The van der Waals surface area contributed by atoms with Gasteiger partial charge in [0.25, 0.3) is 0 Å². The number of carbonyl (C=O) groups excluding carboxylic acids is 1. The molecule has 0 aliphatic heterocycles. The minimum Gasteiger partial charge on any atom is -0.464 e. The fourth-order valence-electron chi connectivity index (χ4n) is 2.80. The maximum atomic E-state index is 11.5. The van der Waals surface area contributed by atoms with E-state index in [0.717, 1.165) is 12.1 Å². The van der Waals surface area contributed by atoms with Gasteiger partial charge in [-0.25, -0.2) is 4.79 Å². The van der Waals surface area contributed by atoms with E-state index in [-0.39, 0.29) is 23.4 Å². The molecule has 0 spiro atoms. The zero-order valence-electron chi connectivity index (χ0n) is 10.8. The van der Waals surface area contributed by atoms with Crippen molar-refractivity contribution in [2.24, 2.45) is 12.5 Å². The number of hydrogen-bond donors (Lipinski definition) is 1. The Labute approximate surface area is 101 Å². The van der Waals surface area contributed by atoms with Crippen LogP contribution in [0.3, 0.4) is 0 Å². The van der Waals surface area contributed by atoms with Crippen LogP contribution in [0.4, 0.5) is 0 Å². The van der Waals surface area contributed by atoms with E-state index in [2.05, 4.69) is 13.8 Å². The summed E-state index contributed by atoms with van der Waals surface area (Å²) in [6, 6.07) is 3.67. The molecule has 0 amide bonds. The number of nitrogens with zero attached hydrogens (tertiary/aromatic N) is 1. The van der Waals surface area contributed by atoms with Crippen molar-refractivity contribution in [3.05, 3.63) is 23.5 Å². The normalized spacial score (nSPS) is 25.7. The van der Waals surface area contributed by atoms with Crippen molar-refractivity contribution in [1.82, 2.24) is 4.57 Å². The predicted octanol–water partition coefficient (Wildman–Crippen LogP) is 1.47. The van der Waals surface area contributed by atoms with Gasteiger partial charge in [0, 0.05) is 18.2 Å². The summed E-state index contributed by atoms with van der Waals surface area (Å²) >= 11 is 0. The number of carbonyl (C=O) groups is 1. The first-order chi connectivity index (χ1) is 7.89. The third-order valence-corrected chi connectivity index (χ3v) is 4.19.